The molecule has 3 fully saturated rings. The highest BCUT2D eigenvalue weighted by molar-refractivity contribution is 6.22. The highest BCUT2D eigenvalue weighted by atomic mass is 16.6. The number of fused-ring (bicyclic) bond motifs is 1. The van der Waals surface area contributed by atoms with E-state index in [1.807, 2.05) is 4.90 Å². The van der Waals surface area contributed by atoms with E-state index in [1.54, 1.807) is 12.1 Å². The number of carbonyl (C=O) groups is 3. The maximum atomic E-state index is 12.8. The van der Waals surface area contributed by atoms with Gasteiger partial charge >= 0.3 is 0 Å². The van der Waals surface area contributed by atoms with Gasteiger partial charge in [-0.15, -0.1) is 0 Å². The maximum Gasteiger partial charge on any atom is 0.294 e. The summed E-state index contributed by atoms with van der Waals surface area (Å²) >= 11 is 0. The summed E-state index contributed by atoms with van der Waals surface area (Å²) in [7, 11) is 0. The smallest absolute Gasteiger partial charge is 0.294 e. The summed E-state index contributed by atoms with van der Waals surface area (Å²) in [5.41, 5.74) is 5.91. The molecule has 1 aromatic carbocycles. The Morgan fingerprint density at radius 3 is 2.14 bits per heavy atom. The number of benzene rings is 1. The zero-order valence-electron chi connectivity index (χ0n) is 16.1. The van der Waals surface area contributed by atoms with E-state index in [1.165, 1.54) is 6.07 Å². The van der Waals surface area contributed by atoms with Crippen LogP contribution in [-0.2, 0) is 14.4 Å². The van der Waals surface area contributed by atoms with E-state index >= 15 is 0 Å². The van der Waals surface area contributed by atoms with Gasteiger partial charge in [0.15, 0.2) is 0 Å². The molecule has 2 aliphatic heterocycles. The number of primary amides is 1. The van der Waals surface area contributed by atoms with Gasteiger partial charge in [-0.2, -0.15) is 0 Å². The Morgan fingerprint density at radius 2 is 1.62 bits per heavy atom. The second-order valence-corrected chi connectivity index (χ2v) is 8.10. The number of imide groups is 1. The second-order valence-electron chi connectivity index (χ2n) is 8.10. The Labute approximate surface area is 168 Å². The quantitative estimate of drug-likeness (QED) is 0.468. The molecule has 9 heteroatoms. The molecule has 29 heavy (non-hydrogen) atoms. The summed E-state index contributed by atoms with van der Waals surface area (Å²) < 4.78 is 0. The van der Waals surface area contributed by atoms with Crippen LogP contribution in [0.25, 0.3) is 0 Å². The van der Waals surface area contributed by atoms with Crippen LogP contribution >= 0.6 is 0 Å². The van der Waals surface area contributed by atoms with Crippen molar-refractivity contribution in [1.29, 1.82) is 0 Å². The summed E-state index contributed by atoms with van der Waals surface area (Å²) in [6, 6.07) is 4.53. The molecule has 0 spiro atoms. The fourth-order valence-corrected chi connectivity index (χ4v) is 4.89. The lowest BCUT2D eigenvalue weighted by atomic mass is 9.81. The van der Waals surface area contributed by atoms with E-state index in [4.69, 9.17) is 5.73 Å². The molecule has 3 amide bonds. The first-order valence-corrected chi connectivity index (χ1v) is 10.1. The number of hydrogen-bond acceptors (Lipinski definition) is 6. The first kappa shape index (κ1) is 19.4. The molecule has 2 atom stereocenters. The Morgan fingerprint density at radius 1 is 1.03 bits per heavy atom. The van der Waals surface area contributed by atoms with Gasteiger partial charge in [0, 0.05) is 25.1 Å². The molecule has 1 saturated carbocycles. The third-order valence-electron chi connectivity index (χ3n) is 6.49. The Bertz CT molecular complexity index is 854. The summed E-state index contributed by atoms with van der Waals surface area (Å²) in [4.78, 5) is 51.2. The van der Waals surface area contributed by atoms with Gasteiger partial charge in [0.1, 0.15) is 5.69 Å². The predicted octanol–water partition coefficient (Wildman–Crippen LogP) is 1.98. The molecule has 3 aliphatic rings. The number of nitro groups is 1. The molecule has 2 heterocycles. The minimum Gasteiger partial charge on any atom is -0.369 e. The van der Waals surface area contributed by atoms with Crippen molar-refractivity contribution < 1.29 is 19.3 Å². The van der Waals surface area contributed by atoms with Crippen molar-refractivity contribution in [3.05, 3.63) is 28.3 Å². The number of rotatable bonds is 4. The number of nitro benzene ring substituents is 1. The predicted molar refractivity (Wildman–Crippen MR) is 105 cm³/mol. The van der Waals surface area contributed by atoms with E-state index in [9.17, 15) is 24.5 Å². The van der Waals surface area contributed by atoms with Gasteiger partial charge in [0.25, 0.3) is 5.69 Å². The fourth-order valence-electron chi connectivity index (χ4n) is 4.89. The monoisotopic (exact) mass is 400 g/mol. The largest absolute Gasteiger partial charge is 0.369 e. The molecule has 1 aromatic rings. The SMILES string of the molecule is NC(=O)C1CCN(c2ccc(N3C(=O)[C@@H]4CCCC[C@H]4C3=O)cc2[N+](=O)[O-])CC1. The number of piperidine rings is 1. The molecule has 0 bridgehead atoms. The average molecular weight is 400 g/mol. The fraction of sp³-hybridized carbons (Fsp3) is 0.550. The lowest BCUT2D eigenvalue weighted by Gasteiger charge is -2.32. The number of amides is 3. The van der Waals surface area contributed by atoms with Crippen molar-refractivity contribution >= 4 is 34.8 Å². The van der Waals surface area contributed by atoms with Gasteiger partial charge in [-0.25, -0.2) is 4.90 Å². The first-order valence-electron chi connectivity index (χ1n) is 10.1. The van der Waals surface area contributed by atoms with Crippen LogP contribution in [0.1, 0.15) is 38.5 Å². The van der Waals surface area contributed by atoms with Crippen molar-refractivity contribution in [2.24, 2.45) is 23.5 Å². The minimum atomic E-state index is -0.489. The maximum absolute atomic E-state index is 12.8. The number of nitrogens with two attached hydrogens (primary N) is 1. The van der Waals surface area contributed by atoms with Crippen molar-refractivity contribution in [1.82, 2.24) is 0 Å². The molecule has 2 saturated heterocycles. The van der Waals surface area contributed by atoms with E-state index in [0.29, 0.717) is 44.5 Å². The lowest BCUT2D eigenvalue weighted by molar-refractivity contribution is -0.384. The van der Waals surface area contributed by atoms with Crippen LogP contribution in [0.4, 0.5) is 17.1 Å². The van der Waals surface area contributed by atoms with Crippen LogP contribution in [0.2, 0.25) is 0 Å². The number of anilines is 2. The van der Waals surface area contributed by atoms with Crippen LogP contribution in [0.5, 0.6) is 0 Å². The molecule has 9 nitrogen and oxygen atoms in total. The molecule has 0 radical (unpaired) electrons. The molecule has 0 aromatic heterocycles. The molecule has 1 aliphatic carbocycles. The standard InChI is InChI=1S/C20H24N4O5/c21-18(25)12-7-9-22(10-8-12)16-6-5-13(11-17(16)24(28)29)23-19(26)14-3-1-2-4-15(14)20(23)27/h5-6,11-12,14-15H,1-4,7-10H2,(H2,21,25)/t14-,15-/m1/s1. The number of hydrogen-bond donors (Lipinski definition) is 1. The minimum absolute atomic E-state index is 0.143. The van der Waals surface area contributed by atoms with E-state index in [0.717, 1.165) is 17.7 Å². The lowest BCUT2D eigenvalue weighted by Crippen LogP contribution is -2.38. The summed E-state index contributed by atoms with van der Waals surface area (Å²) in [5, 5.41) is 11.7. The third-order valence-corrected chi connectivity index (χ3v) is 6.49. The number of carbonyl (C=O) groups excluding carboxylic acids is 3. The second kappa shape index (κ2) is 7.46. The van der Waals surface area contributed by atoms with Crippen molar-refractivity contribution in [3.63, 3.8) is 0 Å². The molecule has 154 valence electrons. The van der Waals surface area contributed by atoms with Gasteiger partial charge in [-0.1, -0.05) is 12.8 Å². The van der Waals surface area contributed by atoms with Crippen LogP contribution in [0.15, 0.2) is 18.2 Å². The zero-order valence-corrected chi connectivity index (χ0v) is 16.1. The Balaban J connectivity index is 1.62. The molecule has 4 rings (SSSR count). The van der Waals surface area contributed by atoms with Crippen molar-refractivity contribution in [3.8, 4) is 0 Å². The van der Waals surface area contributed by atoms with Gasteiger partial charge in [-0.05, 0) is 37.8 Å². The summed E-state index contributed by atoms with van der Waals surface area (Å²) in [5.74, 6) is -1.66. The molecule has 2 N–H and O–H groups in total. The highest BCUT2D eigenvalue weighted by Crippen LogP contribution is 2.42. The zero-order chi connectivity index (χ0) is 20.7. The molecule has 0 unspecified atom stereocenters. The van der Waals surface area contributed by atoms with Crippen LogP contribution in [0.3, 0.4) is 0 Å². The normalized spacial score (nSPS) is 25.2. The highest BCUT2D eigenvalue weighted by Gasteiger charge is 2.49. The van der Waals surface area contributed by atoms with Crippen LogP contribution in [-0.4, -0.2) is 35.7 Å². The number of nitrogens with zero attached hydrogens (tertiary/aromatic N) is 3. The third kappa shape index (κ3) is 3.34. The van der Waals surface area contributed by atoms with Gasteiger partial charge < -0.3 is 10.6 Å². The van der Waals surface area contributed by atoms with Crippen LogP contribution < -0.4 is 15.5 Å². The Hall–Kier alpha value is -2.97. The van der Waals surface area contributed by atoms with Crippen molar-refractivity contribution in [2.75, 3.05) is 22.9 Å². The van der Waals surface area contributed by atoms with Gasteiger partial charge in [-0.3, -0.25) is 24.5 Å². The average Bonchev–Trinajstić information content (AvgIpc) is 2.98. The molecular formula is C20H24N4O5. The van der Waals surface area contributed by atoms with E-state index in [-0.39, 0.29) is 46.9 Å². The Kier molecular flexibility index (Phi) is 4.97. The van der Waals surface area contributed by atoms with Gasteiger partial charge in [0.05, 0.1) is 22.4 Å². The van der Waals surface area contributed by atoms with Gasteiger partial charge in [0.2, 0.25) is 17.7 Å². The summed E-state index contributed by atoms with van der Waals surface area (Å²) in [6.07, 6.45) is 4.32. The first-order chi connectivity index (χ1) is 13.9. The van der Waals surface area contributed by atoms with Crippen molar-refractivity contribution in [2.45, 2.75) is 38.5 Å². The topological polar surface area (TPSA) is 127 Å². The van der Waals surface area contributed by atoms with E-state index < -0.39 is 4.92 Å². The van der Waals surface area contributed by atoms with Crippen LogP contribution in [0, 0.1) is 27.9 Å². The molecular weight excluding hydrogens is 376 g/mol. The summed E-state index contributed by atoms with van der Waals surface area (Å²) in [6.45, 7) is 0.971. The van der Waals surface area contributed by atoms with E-state index in [2.05, 4.69) is 0 Å².